The van der Waals surface area contributed by atoms with Crippen molar-refractivity contribution < 1.29 is 14.5 Å². The van der Waals surface area contributed by atoms with Crippen molar-refractivity contribution in [3.63, 3.8) is 0 Å². The van der Waals surface area contributed by atoms with E-state index in [4.69, 9.17) is 0 Å². The van der Waals surface area contributed by atoms with Gasteiger partial charge in [0.15, 0.2) is 0 Å². The number of amides is 2. The maximum atomic E-state index is 13.7. The van der Waals surface area contributed by atoms with E-state index >= 15 is 0 Å². The number of nitrogens with one attached hydrogen (secondary N) is 2. The monoisotopic (exact) mass is 479 g/mol. The average Bonchev–Trinajstić information content (AvgIpc) is 2.92. The van der Waals surface area contributed by atoms with Crippen LogP contribution in [-0.4, -0.2) is 16.7 Å². The van der Waals surface area contributed by atoms with E-state index in [1.165, 1.54) is 18.2 Å². The summed E-state index contributed by atoms with van der Waals surface area (Å²) in [6.45, 7) is 0.252. The molecule has 4 aromatic carbocycles. The Morgan fingerprint density at radius 1 is 0.694 bits per heavy atom. The number of carbonyl (C=O) groups is 2. The minimum absolute atomic E-state index is 0.162. The maximum absolute atomic E-state index is 13.7. The van der Waals surface area contributed by atoms with Crippen LogP contribution in [-0.2, 0) is 16.1 Å². The van der Waals surface area contributed by atoms with Crippen molar-refractivity contribution >= 4 is 17.5 Å². The van der Waals surface area contributed by atoms with Crippen LogP contribution in [0, 0.1) is 10.1 Å². The molecule has 4 rings (SSSR count). The molecule has 0 aliphatic heterocycles. The van der Waals surface area contributed by atoms with Crippen LogP contribution in [0.25, 0.3) is 0 Å². The van der Waals surface area contributed by atoms with Crippen molar-refractivity contribution in [3.05, 3.63) is 148 Å². The fourth-order valence-corrected chi connectivity index (χ4v) is 4.02. The molecule has 1 atom stereocenters. The first-order valence-corrected chi connectivity index (χ1v) is 11.5. The van der Waals surface area contributed by atoms with E-state index in [0.717, 1.165) is 16.7 Å². The Hall–Kier alpha value is -4.78. The smallest absolute Gasteiger partial charge is 0.269 e. The summed E-state index contributed by atoms with van der Waals surface area (Å²) in [5.41, 5.74) is 2.59. The van der Waals surface area contributed by atoms with Gasteiger partial charge in [0, 0.05) is 18.7 Å². The Morgan fingerprint density at radius 2 is 1.22 bits per heavy atom. The number of rotatable bonds is 9. The van der Waals surface area contributed by atoms with Crippen molar-refractivity contribution in [2.45, 2.75) is 18.5 Å². The van der Waals surface area contributed by atoms with E-state index in [1.807, 2.05) is 91.0 Å². The molecule has 2 N–H and O–H groups in total. The van der Waals surface area contributed by atoms with Gasteiger partial charge in [-0.05, 0) is 22.3 Å². The topological polar surface area (TPSA) is 101 Å². The van der Waals surface area contributed by atoms with Gasteiger partial charge < -0.3 is 10.6 Å². The molecule has 0 radical (unpaired) electrons. The summed E-state index contributed by atoms with van der Waals surface area (Å²) >= 11 is 0. The van der Waals surface area contributed by atoms with Crippen molar-refractivity contribution in [2.24, 2.45) is 0 Å². The third-order valence-corrected chi connectivity index (χ3v) is 5.80. The Kier molecular flexibility index (Phi) is 7.83. The Morgan fingerprint density at radius 3 is 1.78 bits per heavy atom. The number of nitro benzene ring substituents is 1. The van der Waals surface area contributed by atoms with E-state index in [0.29, 0.717) is 5.56 Å². The predicted octanol–water partition coefficient (Wildman–Crippen LogP) is 4.90. The number of hydrogen-bond donors (Lipinski definition) is 2. The molecular formula is C29H25N3O4. The van der Waals surface area contributed by atoms with Crippen LogP contribution in [0.4, 0.5) is 5.69 Å². The quantitative estimate of drug-likeness (QED) is 0.263. The van der Waals surface area contributed by atoms with Gasteiger partial charge in [-0.1, -0.05) is 103 Å². The predicted molar refractivity (Wildman–Crippen MR) is 137 cm³/mol. The van der Waals surface area contributed by atoms with Crippen LogP contribution >= 0.6 is 0 Å². The third kappa shape index (κ3) is 6.01. The molecule has 4 aromatic rings. The molecule has 0 saturated heterocycles. The summed E-state index contributed by atoms with van der Waals surface area (Å²) in [6, 6.07) is 32.6. The SMILES string of the molecule is O=C(NCc1ccccc1)C(NC(=O)C(c1ccccc1)c1ccccc1)c1cccc([N+](=O)[O-])c1. The Balaban J connectivity index is 1.66. The molecule has 0 heterocycles. The van der Waals surface area contributed by atoms with Gasteiger partial charge in [0.05, 0.1) is 10.8 Å². The van der Waals surface area contributed by atoms with Gasteiger partial charge in [-0.2, -0.15) is 0 Å². The van der Waals surface area contributed by atoms with Gasteiger partial charge in [-0.25, -0.2) is 0 Å². The van der Waals surface area contributed by atoms with Gasteiger partial charge in [0.1, 0.15) is 6.04 Å². The first kappa shape index (κ1) is 24.3. The van der Waals surface area contributed by atoms with E-state index in [-0.39, 0.29) is 12.2 Å². The molecule has 36 heavy (non-hydrogen) atoms. The Labute approximate surface area is 209 Å². The highest BCUT2D eigenvalue weighted by molar-refractivity contribution is 5.93. The summed E-state index contributed by atoms with van der Waals surface area (Å²) in [4.78, 5) is 37.9. The van der Waals surface area contributed by atoms with Crippen molar-refractivity contribution in [1.29, 1.82) is 0 Å². The minimum Gasteiger partial charge on any atom is -0.350 e. The lowest BCUT2D eigenvalue weighted by molar-refractivity contribution is -0.384. The lowest BCUT2D eigenvalue weighted by atomic mass is 9.90. The summed E-state index contributed by atoms with van der Waals surface area (Å²) in [7, 11) is 0. The largest absolute Gasteiger partial charge is 0.350 e. The molecular weight excluding hydrogens is 454 g/mol. The number of nitrogens with zero attached hydrogens (tertiary/aromatic N) is 1. The molecule has 0 aliphatic carbocycles. The standard InChI is InChI=1S/C29H25N3O4/c33-28(26(22-13-6-2-7-14-22)23-15-8-3-9-16-23)31-27(24-17-10-18-25(19-24)32(35)36)29(34)30-20-21-11-4-1-5-12-21/h1-19,26-27H,20H2,(H,30,34)(H,31,33). The van der Waals surface area contributed by atoms with Crippen LogP contribution in [0.15, 0.2) is 115 Å². The second-order valence-electron chi connectivity index (χ2n) is 8.25. The van der Waals surface area contributed by atoms with E-state index < -0.39 is 28.7 Å². The Bertz CT molecular complexity index is 1290. The normalized spacial score (nSPS) is 11.5. The summed E-state index contributed by atoms with van der Waals surface area (Å²) in [6.07, 6.45) is 0. The highest BCUT2D eigenvalue weighted by atomic mass is 16.6. The molecule has 0 bridgehead atoms. The number of non-ortho nitro benzene ring substituents is 1. The molecule has 7 nitrogen and oxygen atoms in total. The highest BCUT2D eigenvalue weighted by Crippen LogP contribution is 2.27. The van der Waals surface area contributed by atoms with Gasteiger partial charge in [-0.15, -0.1) is 0 Å². The van der Waals surface area contributed by atoms with E-state index in [1.54, 1.807) is 6.07 Å². The third-order valence-electron chi connectivity index (χ3n) is 5.80. The molecule has 1 unspecified atom stereocenters. The molecule has 180 valence electrons. The van der Waals surface area contributed by atoms with Crippen LogP contribution in [0.1, 0.15) is 34.2 Å². The second-order valence-corrected chi connectivity index (χ2v) is 8.25. The number of benzene rings is 4. The minimum atomic E-state index is -1.13. The molecule has 0 aromatic heterocycles. The zero-order chi connectivity index (χ0) is 25.3. The molecule has 0 fully saturated rings. The fourth-order valence-electron chi connectivity index (χ4n) is 4.02. The number of hydrogen-bond acceptors (Lipinski definition) is 4. The average molecular weight is 480 g/mol. The van der Waals surface area contributed by atoms with Crippen LogP contribution < -0.4 is 10.6 Å². The molecule has 0 aliphatic rings. The lowest BCUT2D eigenvalue weighted by Crippen LogP contribution is -2.42. The number of carbonyl (C=O) groups excluding carboxylic acids is 2. The summed E-state index contributed by atoms with van der Waals surface area (Å²) in [5.74, 6) is -1.53. The van der Waals surface area contributed by atoms with Gasteiger partial charge in [-0.3, -0.25) is 19.7 Å². The molecule has 0 saturated carbocycles. The lowest BCUT2D eigenvalue weighted by Gasteiger charge is -2.23. The van der Waals surface area contributed by atoms with Crippen LogP contribution in [0.5, 0.6) is 0 Å². The number of nitro groups is 1. The highest BCUT2D eigenvalue weighted by Gasteiger charge is 2.29. The second kappa shape index (κ2) is 11.6. The van der Waals surface area contributed by atoms with Crippen molar-refractivity contribution in [3.8, 4) is 0 Å². The van der Waals surface area contributed by atoms with Crippen LogP contribution in [0.2, 0.25) is 0 Å². The molecule has 0 spiro atoms. The van der Waals surface area contributed by atoms with Gasteiger partial charge >= 0.3 is 0 Å². The first-order valence-electron chi connectivity index (χ1n) is 11.5. The van der Waals surface area contributed by atoms with Crippen LogP contribution in [0.3, 0.4) is 0 Å². The molecule has 7 heteroatoms. The maximum Gasteiger partial charge on any atom is 0.269 e. The first-order chi connectivity index (χ1) is 17.5. The van der Waals surface area contributed by atoms with E-state index in [2.05, 4.69) is 10.6 Å². The van der Waals surface area contributed by atoms with Crippen molar-refractivity contribution in [2.75, 3.05) is 0 Å². The zero-order valence-corrected chi connectivity index (χ0v) is 19.4. The van der Waals surface area contributed by atoms with Gasteiger partial charge in [0.2, 0.25) is 11.8 Å². The fraction of sp³-hybridized carbons (Fsp3) is 0.103. The van der Waals surface area contributed by atoms with Gasteiger partial charge in [0.25, 0.3) is 5.69 Å². The summed E-state index contributed by atoms with van der Waals surface area (Å²) < 4.78 is 0. The molecule has 2 amide bonds. The summed E-state index contributed by atoms with van der Waals surface area (Å²) in [5, 5.41) is 17.1. The van der Waals surface area contributed by atoms with Crippen molar-refractivity contribution in [1.82, 2.24) is 10.6 Å². The van der Waals surface area contributed by atoms with E-state index in [9.17, 15) is 19.7 Å². The zero-order valence-electron chi connectivity index (χ0n) is 19.4.